The monoisotopic (exact) mass is 238 g/mol. The molecule has 0 aromatic carbocycles. The Labute approximate surface area is 84.7 Å². The van der Waals surface area contributed by atoms with Crippen LogP contribution in [0.3, 0.4) is 0 Å². The third kappa shape index (κ3) is 6.03. The number of rotatable bonds is 4. The van der Waals surface area contributed by atoms with Crippen molar-refractivity contribution in [3.63, 3.8) is 0 Å². The Morgan fingerprint density at radius 3 is 2.18 bits per heavy atom. The molecule has 0 radical (unpaired) electrons. The summed E-state index contributed by atoms with van der Waals surface area (Å²) < 4.78 is 0.167. The van der Waals surface area contributed by atoms with E-state index in [0.717, 1.165) is 0 Å². The molecule has 0 nitrogen and oxygen atoms in total. The highest BCUT2D eigenvalue weighted by molar-refractivity contribution is 9.09. The molecular weight excluding hydrogens is 220 g/mol. The van der Waals surface area contributed by atoms with Crippen LogP contribution in [-0.2, 0) is 0 Å². The van der Waals surface area contributed by atoms with Gasteiger partial charge in [-0.05, 0) is 18.8 Å². The minimum absolute atomic E-state index is 0.167. The molecule has 68 valence electrons. The predicted octanol–water partition coefficient (Wildman–Crippen LogP) is 3.89. The van der Waals surface area contributed by atoms with Crippen LogP contribution in [0.15, 0.2) is 0 Å². The van der Waals surface area contributed by atoms with Gasteiger partial charge < -0.3 is 0 Å². The molecular formula is C9H19BrS. The van der Waals surface area contributed by atoms with Gasteiger partial charge in [0.25, 0.3) is 0 Å². The van der Waals surface area contributed by atoms with Crippen molar-refractivity contribution in [2.24, 2.45) is 5.92 Å². The smallest absolute Gasteiger partial charge is 0.0169 e. The summed E-state index contributed by atoms with van der Waals surface area (Å²) in [5.74, 6) is 0.715. The first-order valence-corrected chi connectivity index (χ1v) is 5.59. The fourth-order valence-corrected chi connectivity index (χ4v) is 1.79. The largest absolute Gasteiger partial charge is 0.173 e. The molecule has 0 saturated carbocycles. The summed E-state index contributed by atoms with van der Waals surface area (Å²) in [4.78, 5) is 0.647. The van der Waals surface area contributed by atoms with Gasteiger partial charge in [-0.25, -0.2) is 0 Å². The van der Waals surface area contributed by atoms with Gasteiger partial charge in [-0.2, -0.15) is 12.6 Å². The Kier molecular flexibility index (Phi) is 5.12. The average Bonchev–Trinajstić information content (AvgIpc) is 1.82. The molecule has 0 fully saturated rings. The number of hydrogen-bond donors (Lipinski definition) is 1. The van der Waals surface area contributed by atoms with Crippen LogP contribution in [0.4, 0.5) is 0 Å². The molecule has 0 aliphatic rings. The van der Waals surface area contributed by atoms with Gasteiger partial charge in [-0.1, -0.05) is 43.6 Å². The lowest BCUT2D eigenvalue weighted by Crippen LogP contribution is -2.20. The lowest BCUT2D eigenvalue weighted by molar-refractivity contribution is 0.452. The van der Waals surface area contributed by atoms with Gasteiger partial charge in [0, 0.05) is 9.57 Å². The molecule has 0 heterocycles. The molecule has 2 heteroatoms. The summed E-state index contributed by atoms with van der Waals surface area (Å²) in [7, 11) is 0. The van der Waals surface area contributed by atoms with Crippen molar-refractivity contribution >= 4 is 28.6 Å². The highest BCUT2D eigenvalue weighted by Gasteiger charge is 2.20. The molecule has 0 bridgehead atoms. The number of hydrogen-bond acceptors (Lipinski definition) is 1. The normalized spacial score (nSPS) is 18.0. The number of halogens is 1. The molecule has 2 atom stereocenters. The highest BCUT2D eigenvalue weighted by atomic mass is 79.9. The van der Waals surface area contributed by atoms with Crippen LogP contribution in [0.2, 0.25) is 0 Å². The van der Waals surface area contributed by atoms with Gasteiger partial charge >= 0.3 is 0 Å². The van der Waals surface area contributed by atoms with Gasteiger partial charge in [0.05, 0.1) is 0 Å². The van der Waals surface area contributed by atoms with Crippen LogP contribution >= 0.6 is 28.6 Å². The first kappa shape index (κ1) is 11.8. The van der Waals surface area contributed by atoms with Crippen molar-refractivity contribution in [1.82, 2.24) is 0 Å². The van der Waals surface area contributed by atoms with Crippen molar-refractivity contribution in [3.05, 3.63) is 0 Å². The van der Waals surface area contributed by atoms with E-state index in [4.69, 9.17) is 0 Å². The van der Waals surface area contributed by atoms with Gasteiger partial charge in [-0.3, -0.25) is 0 Å². The van der Waals surface area contributed by atoms with E-state index in [1.54, 1.807) is 0 Å². The second-order valence-electron chi connectivity index (χ2n) is 3.92. The zero-order valence-electron chi connectivity index (χ0n) is 7.89. The second-order valence-corrected chi connectivity index (χ2v) is 6.30. The van der Waals surface area contributed by atoms with Crippen molar-refractivity contribution in [3.8, 4) is 0 Å². The molecule has 0 aliphatic carbocycles. The van der Waals surface area contributed by atoms with Crippen molar-refractivity contribution in [1.29, 1.82) is 0 Å². The molecule has 0 amide bonds. The molecule has 0 spiro atoms. The third-order valence-corrected chi connectivity index (χ3v) is 3.56. The standard InChI is InChI=1S/C9H19BrS/c1-5-8(10)7(2)6-9(3,4)11/h7-8,11H,5-6H2,1-4H3. The van der Waals surface area contributed by atoms with E-state index in [2.05, 4.69) is 56.3 Å². The fraction of sp³-hybridized carbons (Fsp3) is 1.00. The summed E-state index contributed by atoms with van der Waals surface area (Å²) >= 11 is 8.17. The Balaban J connectivity index is 3.77. The van der Waals surface area contributed by atoms with Crippen LogP contribution < -0.4 is 0 Å². The Morgan fingerprint density at radius 2 is 1.91 bits per heavy atom. The molecule has 11 heavy (non-hydrogen) atoms. The van der Waals surface area contributed by atoms with Crippen LogP contribution in [-0.4, -0.2) is 9.57 Å². The Bertz CT molecular complexity index is 107. The van der Waals surface area contributed by atoms with Crippen LogP contribution in [0.25, 0.3) is 0 Å². The average molecular weight is 239 g/mol. The third-order valence-electron chi connectivity index (χ3n) is 1.83. The highest BCUT2D eigenvalue weighted by Crippen LogP contribution is 2.28. The zero-order chi connectivity index (χ0) is 9.07. The summed E-state index contributed by atoms with van der Waals surface area (Å²) in [5.41, 5.74) is 0. The summed E-state index contributed by atoms with van der Waals surface area (Å²) in [6, 6.07) is 0. The maximum atomic E-state index is 4.51. The molecule has 0 aromatic heterocycles. The van der Waals surface area contributed by atoms with E-state index in [1.165, 1.54) is 12.8 Å². The van der Waals surface area contributed by atoms with Crippen molar-refractivity contribution in [2.45, 2.75) is 50.1 Å². The molecule has 2 unspecified atom stereocenters. The summed E-state index contributed by atoms with van der Waals surface area (Å²) in [6.45, 7) is 8.83. The van der Waals surface area contributed by atoms with Gasteiger partial charge in [-0.15, -0.1) is 0 Å². The molecule has 0 aromatic rings. The summed E-state index contributed by atoms with van der Waals surface area (Å²) in [6.07, 6.45) is 2.37. The lowest BCUT2D eigenvalue weighted by atomic mass is 9.94. The van der Waals surface area contributed by atoms with Gasteiger partial charge in [0.15, 0.2) is 0 Å². The molecule has 0 rings (SSSR count). The molecule has 0 N–H and O–H groups in total. The van der Waals surface area contributed by atoms with Crippen LogP contribution in [0.5, 0.6) is 0 Å². The van der Waals surface area contributed by atoms with E-state index in [1.807, 2.05) is 0 Å². The van der Waals surface area contributed by atoms with E-state index in [-0.39, 0.29) is 4.75 Å². The van der Waals surface area contributed by atoms with Gasteiger partial charge in [0.1, 0.15) is 0 Å². The second kappa shape index (κ2) is 4.76. The first-order valence-electron chi connectivity index (χ1n) is 4.23. The topological polar surface area (TPSA) is 0 Å². The molecule has 0 saturated heterocycles. The molecule has 0 aliphatic heterocycles. The quantitative estimate of drug-likeness (QED) is 0.558. The SMILES string of the molecule is CCC(Br)C(C)CC(C)(C)S. The van der Waals surface area contributed by atoms with Crippen molar-refractivity contribution < 1.29 is 0 Å². The predicted molar refractivity (Wildman–Crippen MR) is 59.9 cm³/mol. The van der Waals surface area contributed by atoms with Gasteiger partial charge in [0.2, 0.25) is 0 Å². The number of alkyl halides is 1. The fourth-order valence-electron chi connectivity index (χ4n) is 1.32. The number of thiol groups is 1. The van der Waals surface area contributed by atoms with E-state index in [9.17, 15) is 0 Å². The maximum absolute atomic E-state index is 4.51. The minimum Gasteiger partial charge on any atom is -0.173 e. The zero-order valence-corrected chi connectivity index (χ0v) is 10.4. The maximum Gasteiger partial charge on any atom is 0.0169 e. The van der Waals surface area contributed by atoms with E-state index >= 15 is 0 Å². The minimum atomic E-state index is 0.167. The Hall–Kier alpha value is 0.830. The van der Waals surface area contributed by atoms with Crippen LogP contribution in [0, 0.1) is 5.92 Å². The Morgan fingerprint density at radius 1 is 1.45 bits per heavy atom. The van der Waals surface area contributed by atoms with Crippen LogP contribution in [0.1, 0.15) is 40.5 Å². The van der Waals surface area contributed by atoms with E-state index in [0.29, 0.717) is 10.7 Å². The lowest BCUT2D eigenvalue weighted by Gasteiger charge is -2.25. The van der Waals surface area contributed by atoms with E-state index < -0.39 is 0 Å². The van der Waals surface area contributed by atoms with Crippen molar-refractivity contribution in [2.75, 3.05) is 0 Å². The first-order chi connectivity index (χ1) is 4.87. The summed E-state index contributed by atoms with van der Waals surface area (Å²) in [5, 5.41) is 0.